The molecule has 1 N–H and O–H groups in total. The number of hydrogen-bond donors (Lipinski definition) is 2. The molecule has 1 aromatic heterocycles. The lowest BCUT2D eigenvalue weighted by atomic mass is 10.1. The highest BCUT2D eigenvalue weighted by Gasteiger charge is 2.17. The third-order valence-electron chi connectivity index (χ3n) is 4.93. The van der Waals surface area contributed by atoms with Crippen LogP contribution in [0, 0.1) is 0 Å². The van der Waals surface area contributed by atoms with Gasteiger partial charge in [-0.1, -0.05) is 31.2 Å². The summed E-state index contributed by atoms with van der Waals surface area (Å²) in [5.41, 5.74) is 6.06. The van der Waals surface area contributed by atoms with E-state index in [1.165, 1.54) is 27.7 Å². The van der Waals surface area contributed by atoms with Crippen molar-refractivity contribution in [3.63, 3.8) is 0 Å². The third-order valence-corrected chi connectivity index (χ3v) is 5.21. The van der Waals surface area contributed by atoms with E-state index in [2.05, 4.69) is 109 Å². The Morgan fingerprint density at radius 2 is 1.96 bits per heavy atom. The Kier molecular flexibility index (Phi) is 6.17. The first-order valence-corrected chi connectivity index (χ1v) is 10.2. The van der Waals surface area contributed by atoms with Crippen molar-refractivity contribution in [3.05, 3.63) is 72.1 Å². The van der Waals surface area contributed by atoms with Crippen LogP contribution < -0.4 is 10.2 Å². The molecule has 2 aromatic carbocycles. The van der Waals surface area contributed by atoms with Crippen molar-refractivity contribution >= 4 is 34.9 Å². The second-order valence-corrected chi connectivity index (χ2v) is 7.25. The quantitative estimate of drug-likeness (QED) is 0.406. The predicted molar refractivity (Wildman–Crippen MR) is 122 cm³/mol. The smallest absolute Gasteiger partial charge is 0.0660 e. The molecule has 27 heavy (non-hydrogen) atoms. The van der Waals surface area contributed by atoms with Crippen molar-refractivity contribution < 1.29 is 0 Å². The molecule has 1 heterocycles. The normalized spacial score (nSPS) is 12.0. The summed E-state index contributed by atoms with van der Waals surface area (Å²) >= 11 is 4.68. The number of thiol groups is 1. The van der Waals surface area contributed by atoms with Gasteiger partial charge in [0.2, 0.25) is 0 Å². The number of rotatable bonds is 7. The van der Waals surface area contributed by atoms with Crippen LogP contribution >= 0.6 is 12.6 Å². The van der Waals surface area contributed by atoms with Gasteiger partial charge in [0.25, 0.3) is 0 Å². The molecule has 142 valence electrons. The van der Waals surface area contributed by atoms with Gasteiger partial charge in [0.05, 0.1) is 22.8 Å². The lowest BCUT2D eigenvalue weighted by molar-refractivity contribution is 0.623. The Morgan fingerprint density at radius 1 is 1.19 bits per heavy atom. The SMILES string of the molecule is CCc1cccc(/C(=C/NC)N(CS)c2cccc3c2ccn3C(C)C)c1. The van der Waals surface area contributed by atoms with Crippen LogP contribution in [-0.4, -0.2) is 17.5 Å². The Bertz CT molecular complexity index is 940. The maximum Gasteiger partial charge on any atom is 0.0660 e. The van der Waals surface area contributed by atoms with Crippen LogP contribution in [0.15, 0.2) is 60.9 Å². The number of benzene rings is 2. The van der Waals surface area contributed by atoms with Gasteiger partial charge in [0, 0.05) is 30.9 Å². The van der Waals surface area contributed by atoms with Gasteiger partial charge in [-0.2, -0.15) is 12.6 Å². The van der Waals surface area contributed by atoms with Crippen LogP contribution in [0.3, 0.4) is 0 Å². The fraction of sp³-hybridized carbons (Fsp3) is 0.304. The maximum absolute atomic E-state index is 4.68. The monoisotopic (exact) mass is 379 g/mol. The van der Waals surface area contributed by atoms with Gasteiger partial charge in [-0.05, 0) is 55.7 Å². The molecule has 0 amide bonds. The fourth-order valence-corrected chi connectivity index (χ4v) is 3.85. The van der Waals surface area contributed by atoms with Crippen molar-refractivity contribution in [2.24, 2.45) is 0 Å². The van der Waals surface area contributed by atoms with E-state index in [-0.39, 0.29) is 0 Å². The van der Waals surface area contributed by atoms with Crippen LogP contribution in [-0.2, 0) is 6.42 Å². The number of nitrogens with zero attached hydrogens (tertiary/aromatic N) is 2. The number of aromatic nitrogens is 1. The summed E-state index contributed by atoms with van der Waals surface area (Å²) < 4.78 is 2.31. The third kappa shape index (κ3) is 3.86. The minimum Gasteiger partial charge on any atom is -0.392 e. The van der Waals surface area contributed by atoms with Crippen LogP contribution in [0.4, 0.5) is 5.69 Å². The zero-order valence-electron chi connectivity index (χ0n) is 16.6. The first-order chi connectivity index (χ1) is 13.1. The minimum atomic E-state index is 0.427. The molecule has 0 aliphatic carbocycles. The van der Waals surface area contributed by atoms with Crippen LogP contribution in [0.2, 0.25) is 0 Å². The molecular weight excluding hydrogens is 350 g/mol. The van der Waals surface area contributed by atoms with Crippen LogP contribution in [0.1, 0.15) is 37.9 Å². The molecular formula is C23H29N3S. The second-order valence-electron chi connectivity index (χ2n) is 6.97. The van der Waals surface area contributed by atoms with E-state index in [1.807, 2.05) is 7.05 Å². The van der Waals surface area contributed by atoms with Gasteiger partial charge in [0.1, 0.15) is 0 Å². The molecule has 0 saturated carbocycles. The first-order valence-electron chi connectivity index (χ1n) is 9.55. The molecule has 0 atom stereocenters. The molecule has 3 rings (SSSR count). The molecule has 0 aliphatic heterocycles. The molecule has 3 nitrogen and oxygen atoms in total. The van der Waals surface area contributed by atoms with Crippen LogP contribution in [0.25, 0.3) is 16.6 Å². The van der Waals surface area contributed by atoms with Gasteiger partial charge in [0.15, 0.2) is 0 Å². The Morgan fingerprint density at radius 3 is 2.63 bits per heavy atom. The molecule has 0 radical (unpaired) electrons. The van der Waals surface area contributed by atoms with E-state index in [0.29, 0.717) is 11.9 Å². The fourth-order valence-electron chi connectivity index (χ4n) is 3.54. The summed E-state index contributed by atoms with van der Waals surface area (Å²) in [5.74, 6) is 0.593. The summed E-state index contributed by atoms with van der Waals surface area (Å²) in [5, 5.41) is 4.46. The molecule has 0 spiro atoms. The van der Waals surface area contributed by atoms with Gasteiger partial charge in [-0.3, -0.25) is 0 Å². The minimum absolute atomic E-state index is 0.427. The zero-order valence-corrected chi connectivity index (χ0v) is 17.5. The maximum atomic E-state index is 4.68. The molecule has 0 aliphatic rings. The number of anilines is 1. The van der Waals surface area contributed by atoms with Crippen LogP contribution in [0.5, 0.6) is 0 Å². The highest BCUT2D eigenvalue weighted by molar-refractivity contribution is 7.80. The van der Waals surface area contributed by atoms with Gasteiger partial charge < -0.3 is 14.8 Å². The number of nitrogens with one attached hydrogen (secondary N) is 1. The molecule has 4 heteroatoms. The largest absolute Gasteiger partial charge is 0.392 e. The lowest BCUT2D eigenvalue weighted by Gasteiger charge is -2.27. The van der Waals surface area contributed by atoms with Gasteiger partial charge in [-0.25, -0.2) is 0 Å². The van der Waals surface area contributed by atoms with E-state index < -0.39 is 0 Å². The summed E-state index contributed by atoms with van der Waals surface area (Å²) in [6.45, 7) is 6.61. The topological polar surface area (TPSA) is 20.2 Å². The van der Waals surface area contributed by atoms with Crippen molar-refractivity contribution in [1.29, 1.82) is 0 Å². The molecule has 0 unspecified atom stereocenters. The average Bonchev–Trinajstić information content (AvgIpc) is 3.13. The highest BCUT2D eigenvalue weighted by atomic mass is 32.1. The standard InChI is InChI=1S/C23H29N3S/c1-5-18-8-6-9-19(14-18)23(15-24-4)26(16-27)22-11-7-10-21-20(22)12-13-25(21)17(2)3/h6-15,17,24,27H,5,16H2,1-4H3/b23-15-. The van der Waals surface area contributed by atoms with E-state index >= 15 is 0 Å². The van der Waals surface area contributed by atoms with E-state index in [1.54, 1.807) is 0 Å². The summed E-state index contributed by atoms with van der Waals surface area (Å²) in [6.07, 6.45) is 5.26. The Balaban J connectivity index is 2.14. The highest BCUT2D eigenvalue weighted by Crippen LogP contribution is 2.34. The molecule has 3 aromatic rings. The summed E-state index contributed by atoms with van der Waals surface area (Å²) in [4.78, 5) is 2.27. The zero-order chi connectivity index (χ0) is 19.4. The Labute approximate surface area is 168 Å². The number of hydrogen-bond acceptors (Lipinski definition) is 3. The first kappa shape index (κ1) is 19.4. The van der Waals surface area contributed by atoms with Crippen molar-refractivity contribution in [2.75, 3.05) is 17.8 Å². The number of fused-ring (bicyclic) bond motifs is 1. The average molecular weight is 380 g/mol. The van der Waals surface area contributed by atoms with E-state index in [0.717, 1.165) is 12.1 Å². The lowest BCUT2D eigenvalue weighted by Crippen LogP contribution is -2.21. The molecule has 0 fully saturated rings. The summed E-state index contributed by atoms with van der Waals surface area (Å²) in [6, 6.07) is 17.9. The van der Waals surface area contributed by atoms with E-state index in [4.69, 9.17) is 0 Å². The van der Waals surface area contributed by atoms with Crippen molar-refractivity contribution in [1.82, 2.24) is 9.88 Å². The number of aryl methyl sites for hydroxylation is 1. The van der Waals surface area contributed by atoms with Gasteiger partial charge >= 0.3 is 0 Å². The van der Waals surface area contributed by atoms with Gasteiger partial charge in [-0.15, -0.1) is 0 Å². The Hall–Kier alpha value is -2.33. The summed E-state index contributed by atoms with van der Waals surface area (Å²) in [7, 11) is 1.94. The second kappa shape index (κ2) is 8.57. The molecule has 0 saturated heterocycles. The van der Waals surface area contributed by atoms with Crippen molar-refractivity contribution in [2.45, 2.75) is 33.2 Å². The van der Waals surface area contributed by atoms with E-state index in [9.17, 15) is 0 Å². The van der Waals surface area contributed by atoms with Crippen molar-refractivity contribution in [3.8, 4) is 0 Å². The predicted octanol–water partition coefficient (Wildman–Crippen LogP) is 5.70. The molecule has 0 bridgehead atoms.